The lowest BCUT2D eigenvalue weighted by atomic mass is 10.0. The molecule has 0 aliphatic heterocycles. The molecule has 122 valence electrons. The zero-order chi connectivity index (χ0) is 16.8. The Morgan fingerprint density at radius 3 is 2.57 bits per heavy atom. The lowest BCUT2D eigenvalue weighted by Crippen LogP contribution is -2.18. The Morgan fingerprint density at radius 1 is 1.30 bits per heavy atom. The number of hydrogen-bond acceptors (Lipinski definition) is 3. The lowest BCUT2D eigenvalue weighted by molar-refractivity contribution is -0.121. The van der Waals surface area contributed by atoms with E-state index in [2.05, 4.69) is 46.7 Å². The van der Waals surface area contributed by atoms with Crippen molar-refractivity contribution in [3.05, 3.63) is 52.3 Å². The fourth-order valence-corrected chi connectivity index (χ4v) is 2.38. The quantitative estimate of drug-likeness (QED) is 0.635. The van der Waals surface area contributed by atoms with Gasteiger partial charge in [-0.1, -0.05) is 38.1 Å². The highest BCUT2D eigenvalue weighted by Gasteiger charge is 2.08. The van der Waals surface area contributed by atoms with E-state index < -0.39 is 0 Å². The van der Waals surface area contributed by atoms with Crippen LogP contribution in [0.15, 0.2) is 29.4 Å². The summed E-state index contributed by atoms with van der Waals surface area (Å²) >= 11 is 0. The Kier molecular flexibility index (Phi) is 5.68. The number of aromatic nitrogens is 2. The van der Waals surface area contributed by atoms with Crippen LogP contribution >= 0.6 is 0 Å². The Labute approximate surface area is 137 Å². The van der Waals surface area contributed by atoms with Crippen LogP contribution in [0.5, 0.6) is 0 Å². The zero-order valence-electron chi connectivity index (χ0n) is 14.2. The van der Waals surface area contributed by atoms with Gasteiger partial charge in [0.1, 0.15) is 0 Å². The van der Waals surface area contributed by atoms with E-state index >= 15 is 0 Å². The molecule has 5 heteroatoms. The molecule has 23 heavy (non-hydrogen) atoms. The van der Waals surface area contributed by atoms with E-state index in [0.717, 1.165) is 22.5 Å². The van der Waals surface area contributed by atoms with Crippen LogP contribution in [-0.4, -0.2) is 22.3 Å². The smallest absolute Gasteiger partial charge is 0.240 e. The fourth-order valence-electron chi connectivity index (χ4n) is 2.38. The molecule has 0 radical (unpaired) electrons. The number of rotatable bonds is 6. The number of carbonyl (C=O) groups is 1. The zero-order valence-corrected chi connectivity index (χ0v) is 14.2. The SMILES string of the molecule is Cc1n[nH]c(C)c1CCC(=O)N/N=C/c1ccc(C(C)C)cc1. The van der Waals surface area contributed by atoms with Crippen LogP contribution in [0.2, 0.25) is 0 Å². The summed E-state index contributed by atoms with van der Waals surface area (Å²) in [4.78, 5) is 11.8. The molecule has 0 fully saturated rings. The molecule has 0 bridgehead atoms. The van der Waals surface area contributed by atoms with Gasteiger partial charge in [-0.3, -0.25) is 9.89 Å². The molecule has 0 aliphatic rings. The summed E-state index contributed by atoms with van der Waals surface area (Å²) in [6.07, 6.45) is 2.72. The molecule has 2 rings (SSSR count). The monoisotopic (exact) mass is 312 g/mol. The first-order valence-electron chi connectivity index (χ1n) is 7.89. The standard InChI is InChI=1S/C18H24N4O/c1-12(2)16-7-5-15(6-8-16)11-19-22-18(23)10-9-17-13(3)20-21-14(17)4/h5-8,11-12H,9-10H2,1-4H3,(H,20,21)(H,22,23)/b19-11+. The summed E-state index contributed by atoms with van der Waals surface area (Å²) in [6.45, 7) is 8.22. The van der Waals surface area contributed by atoms with Gasteiger partial charge in [0.15, 0.2) is 0 Å². The number of nitrogens with one attached hydrogen (secondary N) is 2. The molecule has 0 saturated carbocycles. The van der Waals surface area contributed by atoms with Gasteiger partial charge >= 0.3 is 0 Å². The topological polar surface area (TPSA) is 70.1 Å². The van der Waals surface area contributed by atoms with E-state index in [9.17, 15) is 4.79 Å². The van der Waals surface area contributed by atoms with Crippen molar-refractivity contribution in [3.8, 4) is 0 Å². The molecule has 0 spiro atoms. The van der Waals surface area contributed by atoms with Crippen LogP contribution in [0.4, 0.5) is 0 Å². The molecule has 1 heterocycles. The van der Waals surface area contributed by atoms with Crippen LogP contribution in [0.25, 0.3) is 0 Å². The van der Waals surface area contributed by atoms with Gasteiger partial charge in [-0.25, -0.2) is 5.43 Å². The van der Waals surface area contributed by atoms with Gasteiger partial charge in [0.05, 0.1) is 11.9 Å². The molecule has 1 aromatic heterocycles. The Bertz CT molecular complexity index is 664. The van der Waals surface area contributed by atoms with E-state index in [4.69, 9.17) is 0 Å². The number of benzene rings is 1. The van der Waals surface area contributed by atoms with E-state index in [1.807, 2.05) is 26.0 Å². The summed E-state index contributed by atoms with van der Waals surface area (Å²) in [5.74, 6) is 0.413. The van der Waals surface area contributed by atoms with E-state index in [1.54, 1.807) is 6.21 Å². The van der Waals surface area contributed by atoms with Crippen LogP contribution in [0.3, 0.4) is 0 Å². The maximum absolute atomic E-state index is 11.8. The molecule has 5 nitrogen and oxygen atoms in total. The maximum atomic E-state index is 11.8. The first-order valence-corrected chi connectivity index (χ1v) is 7.89. The molecule has 1 amide bonds. The van der Waals surface area contributed by atoms with Gasteiger partial charge in [0, 0.05) is 12.1 Å². The largest absolute Gasteiger partial charge is 0.282 e. The van der Waals surface area contributed by atoms with Crippen molar-refractivity contribution in [1.29, 1.82) is 0 Å². The average Bonchev–Trinajstić information content (AvgIpc) is 2.84. The Balaban J connectivity index is 1.82. The number of H-pyrrole nitrogens is 1. The molecule has 2 aromatic rings. The lowest BCUT2D eigenvalue weighted by Gasteiger charge is -2.04. The minimum atomic E-state index is -0.0972. The molecule has 0 unspecified atom stereocenters. The third-order valence-corrected chi connectivity index (χ3v) is 3.89. The van der Waals surface area contributed by atoms with Crippen molar-refractivity contribution in [1.82, 2.24) is 15.6 Å². The number of aromatic amines is 1. The van der Waals surface area contributed by atoms with Crippen LogP contribution < -0.4 is 5.43 Å². The molecule has 0 saturated heterocycles. The first kappa shape index (κ1) is 16.9. The molecule has 2 N–H and O–H groups in total. The van der Waals surface area contributed by atoms with E-state index in [1.165, 1.54) is 5.56 Å². The molecule has 1 aromatic carbocycles. The number of nitrogens with zero attached hydrogens (tertiary/aromatic N) is 2. The van der Waals surface area contributed by atoms with Crippen molar-refractivity contribution >= 4 is 12.1 Å². The molecule has 0 atom stereocenters. The van der Waals surface area contributed by atoms with Crippen LogP contribution in [-0.2, 0) is 11.2 Å². The van der Waals surface area contributed by atoms with Crippen LogP contribution in [0, 0.1) is 13.8 Å². The van der Waals surface area contributed by atoms with Gasteiger partial charge in [-0.15, -0.1) is 0 Å². The predicted octanol–water partition coefficient (Wildman–Crippen LogP) is 3.23. The third-order valence-electron chi connectivity index (χ3n) is 3.89. The van der Waals surface area contributed by atoms with Gasteiger partial charge in [0.25, 0.3) is 0 Å². The summed E-state index contributed by atoms with van der Waals surface area (Å²) < 4.78 is 0. The third kappa shape index (κ3) is 4.77. The summed E-state index contributed by atoms with van der Waals surface area (Å²) in [6, 6.07) is 8.17. The maximum Gasteiger partial charge on any atom is 0.240 e. The second-order valence-corrected chi connectivity index (χ2v) is 6.03. The summed E-state index contributed by atoms with van der Waals surface area (Å²) in [5.41, 5.74) is 7.90. The number of aryl methyl sites for hydroxylation is 2. The first-order chi connectivity index (χ1) is 11.0. The molecular weight excluding hydrogens is 288 g/mol. The fraction of sp³-hybridized carbons (Fsp3) is 0.389. The molecule has 0 aliphatic carbocycles. The Hall–Kier alpha value is -2.43. The average molecular weight is 312 g/mol. The number of carbonyl (C=O) groups excluding carboxylic acids is 1. The normalized spacial score (nSPS) is 11.3. The van der Waals surface area contributed by atoms with Gasteiger partial charge in [0.2, 0.25) is 5.91 Å². The van der Waals surface area contributed by atoms with Crippen molar-refractivity contribution < 1.29 is 4.79 Å². The summed E-state index contributed by atoms with van der Waals surface area (Å²) in [5, 5.41) is 11.1. The van der Waals surface area contributed by atoms with Gasteiger partial charge in [-0.2, -0.15) is 10.2 Å². The minimum absolute atomic E-state index is 0.0972. The highest BCUT2D eigenvalue weighted by atomic mass is 16.2. The number of amides is 1. The predicted molar refractivity (Wildman–Crippen MR) is 92.7 cm³/mol. The Morgan fingerprint density at radius 2 is 2.00 bits per heavy atom. The van der Waals surface area contributed by atoms with Crippen molar-refractivity contribution in [3.63, 3.8) is 0 Å². The van der Waals surface area contributed by atoms with Crippen molar-refractivity contribution in [2.45, 2.75) is 46.5 Å². The second-order valence-electron chi connectivity index (χ2n) is 6.03. The van der Waals surface area contributed by atoms with Crippen molar-refractivity contribution in [2.75, 3.05) is 0 Å². The highest BCUT2D eigenvalue weighted by molar-refractivity contribution is 5.82. The van der Waals surface area contributed by atoms with Crippen molar-refractivity contribution in [2.24, 2.45) is 5.10 Å². The summed E-state index contributed by atoms with van der Waals surface area (Å²) in [7, 11) is 0. The van der Waals surface area contributed by atoms with E-state index in [0.29, 0.717) is 18.8 Å². The molecular formula is C18H24N4O. The second kappa shape index (κ2) is 7.72. The van der Waals surface area contributed by atoms with E-state index in [-0.39, 0.29) is 5.91 Å². The highest BCUT2D eigenvalue weighted by Crippen LogP contribution is 2.14. The number of hydrogen-bond donors (Lipinski definition) is 2. The number of hydrazone groups is 1. The van der Waals surface area contributed by atoms with Crippen LogP contribution in [0.1, 0.15) is 54.3 Å². The minimum Gasteiger partial charge on any atom is -0.282 e. The van der Waals surface area contributed by atoms with Gasteiger partial charge in [-0.05, 0) is 42.9 Å². The van der Waals surface area contributed by atoms with Gasteiger partial charge < -0.3 is 0 Å².